The number of aromatic nitrogens is 3. The Morgan fingerprint density at radius 2 is 2.33 bits per heavy atom. The first-order valence-electron chi connectivity index (χ1n) is 4.62. The van der Waals surface area contributed by atoms with E-state index < -0.39 is 0 Å². The highest BCUT2D eigenvalue weighted by Crippen LogP contribution is 2.00. The molecule has 2 rings (SSSR count). The Labute approximate surface area is 86.4 Å². The molecule has 0 unspecified atom stereocenters. The molecular formula is C10H11N3O2. The van der Waals surface area contributed by atoms with E-state index in [2.05, 4.69) is 9.97 Å². The lowest BCUT2D eigenvalue weighted by Gasteiger charge is -2.04. The van der Waals surface area contributed by atoms with Crippen molar-refractivity contribution in [2.45, 2.75) is 6.54 Å². The molecule has 0 fully saturated rings. The van der Waals surface area contributed by atoms with Crippen LogP contribution in [0.25, 0.3) is 11.0 Å². The molecule has 2 heterocycles. The van der Waals surface area contributed by atoms with Gasteiger partial charge in [-0.2, -0.15) is 0 Å². The van der Waals surface area contributed by atoms with Gasteiger partial charge in [0, 0.05) is 13.3 Å². The summed E-state index contributed by atoms with van der Waals surface area (Å²) in [7, 11) is 1.60. The second-order valence-electron chi connectivity index (χ2n) is 3.11. The molecule has 0 radical (unpaired) electrons. The molecule has 0 aliphatic carbocycles. The van der Waals surface area contributed by atoms with Crippen LogP contribution in [0.5, 0.6) is 0 Å². The van der Waals surface area contributed by atoms with Crippen molar-refractivity contribution in [3.8, 4) is 0 Å². The van der Waals surface area contributed by atoms with Gasteiger partial charge in [0.25, 0.3) is 5.56 Å². The number of ether oxygens (including phenoxy) is 1. The molecule has 0 spiro atoms. The fourth-order valence-corrected chi connectivity index (χ4v) is 1.35. The molecule has 0 N–H and O–H groups in total. The summed E-state index contributed by atoms with van der Waals surface area (Å²) in [5, 5.41) is 0.538. The zero-order valence-corrected chi connectivity index (χ0v) is 8.38. The van der Waals surface area contributed by atoms with Gasteiger partial charge in [0.05, 0.1) is 18.5 Å². The second-order valence-corrected chi connectivity index (χ2v) is 3.11. The SMILES string of the molecule is COCCn1cnc2ncccc2c1=O. The summed E-state index contributed by atoms with van der Waals surface area (Å²) >= 11 is 0. The minimum Gasteiger partial charge on any atom is -0.383 e. The Balaban J connectivity index is 2.51. The maximum Gasteiger partial charge on any atom is 0.262 e. The third-order valence-electron chi connectivity index (χ3n) is 2.13. The summed E-state index contributed by atoms with van der Waals surface area (Å²) in [4.78, 5) is 20.0. The number of hydrogen-bond donors (Lipinski definition) is 0. The summed E-state index contributed by atoms with van der Waals surface area (Å²) in [6, 6.07) is 3.45. The van der Waals surface area contributed by atoms with E-state index in [4.69, 9.17) is 4.74 Å². The first kappa shape index (κ1) is 9.79. The predicted octanol–water partition coefficient (Wildman–Crippen LogP) is 0.438. The minimum absolute atomic E-state index is 0.0786. The van der Waals surface area contributed by atoms with E-state index >= 15 is 0 Å². The molecular weight excluding hydrogens is 194 g/mol. The van der Waals surface area contributed by atoms with E-state index in [0.717, 1.165) is 0 Å². The standard InChI is InChI=1S/C10H11N3O2/c1-15-6-5-13-7-12-9-8(10(13)14)3-2-4-11-9/h2-4,7H,5-6H2,1H3. The van der Waals surface area contributed by atoms with Crippen molar-refractivity contribution in [2.75, 3.05) is 13.7 Å². The average molecular weight is 205 g/mol. The van der Waals surface area contributed by atoms with Gasteiger partial charge in [0.1, 0.15) is 6.33 Å². The lowest BCUT2D eigenvalue weighted by Crippen LogP contribution is -2.22. The minimum atomic E-state index is -0.0786. The van der Waals surface area contributed by atoms with E-state index in [0.29, 0.717) is 24.2 Å². The fourth-order valence-electron chi connectivity index (χ4n) is 1.35. The molecule has 5 nitrogen and oxygen atoms in total. The van der Waals surface area contributed by atoms with Crippen molar-refractivity contribution in [1.82, 2.24) is 14.5 Å². The van der Waals surface area contributed by atoms with E-state index in [1.54, 1.807) is 25.4 Å². The van der Waals surface area contributed by atoms with Gasteiger partial charge < -0.3 is 4.74 Å². The molecule has 2 aromatic rings. The average Bonchev–Trinajstić information content (AvgIpc) is 2.29. The normalized spacial score (nSPS) is 10.7. The topological polar surface area (TPSA) is 57.0 Å². The third-order valence-corrected chi connectivity index (χ3v) is 2.13. The zero-order valence-electron chi connectivity index (χ0n) is 8.38. The molecule has 0 atom stereocenters. The van der Waals surface area contributed by atoms with Gasteiger partial charge in [-0.3, -0.25) is 9.36 Å². The number of hydrogen-bond acceptors (Lipinski definition) is 4. The molecule has 0 aliphatic rings. The highest BCUT2D eigenvalue weighted by Gasteiger charge is 2.03. The maximum atomic E-state index is 11.9. The fraction of sp³-hybridized carbons (Fsp3) is 0.300. The van der Waals surface area contributed by atoms with Gasteiger partial charge in [-0.1, -0.05) is 0 Å². The Kier molecular flexibility index (Phi) is 2.73. The Hall–Kier alpha value is -1.75. The quantitative estimate of drug-likeness (QED) is 0.729. The van der Waals surface area contributed by atoms with Crippen LogP contribution >= 0.6 is 0 Å². The van der Waals surface area contributed by atoms with Gasteiger partial charge in [0.15, 0.2) is 5.65 Å². The van der Waals surface area contributed by atoms with E-state index in [1.165, 1.54) is 10.9 Å². The van der Waals surface area contributed by atoms with Gasteiger partial charge in [-0.15, -0.1) is 0 Å². The van der Waals surface area contributed by atoms with Crippen molar-refractivity contribution in [2.24, 2.45) is 0 Å². The first-order valence-corrected chi connectivity index (χ1v) is 4.62. The lowest BCUT2D eigenvalue weighted by atomic mass is 10.3. The smallest absolute Gasteiger partial charge is 0.262 e. The summed E-state index contributed by atoms with van der Waals surface area (Å²) in [5.74, 6) is 0. The van der Waals surface area contributed by atoms with E-state index in [-0.39, 0.29) is 5.56 Å². The highest BCUT2D eigenvalue weighted by atomic mass is 16.5. The van der Waals surface area contributed by atoms with Crippen molar-refractivity contribution in [1.29, 1.82) is 0 Å². The van der Waals surface area contributed by atoms with Crippen LogP contribution in [0.4, 0.5) is 0 Å². The van der Waals surface area contributed by atoms with Gasteiger partial charge in [0.2, 0.25) is 0 Å². The molecule has 0 saturated heterocycles. The molecule has 2 aromatic heterocycles. The lowest BCUT2D eigenvalue weighted by molar-refractivity contribution is 0.186. The zero-order chi connectivity index (χ0) is 10.7. The molecule has 78 valence electrons. The monoisotopic (exact) mass is 205 g/mol. The van der Waals surface area contributed by atoms with Crippen LogP contribution in [0.15, 0.2) is 29.5 Å². The van der Waals surface area contributed by atoms with Gasteiger partial charge in [-0.05, 0) is 12.1 Å². The van der Waals surface area contributed by atoms with Crippen molar-refractivity contribution in [3.63, 3.8) is 0 Å². The Bertz CT molecular complexity index is 521. The number of methoxy groups -OCH3 is 1. The van der Waals surface area contributed by atoms with E-state index in [9.17, 15) is 4.79 Å². The van der Waals surface area contributed by atoms with Crippen LogP contribution in [0, 0.1) is 0 Å². The van der Waals surface area contributed by atoms with Crippen LogP contribution in [0.2, 0.25) is 0 Å². The molecule has 15 heavy (non-hydrogen) atoms. The molecule has 0 aromatic carbocycles. The summed E-state index contributed by atoms with van der Waals surface area (Å²) in [6.45, 7) is 1.00. The summed E-state index contributed by atoms with van der Waals surface area (Å²) in [6.07, 6.45) is 3.12. The third kappa shape index (κ3) is 1.87. The van der Waals surface area contributed by atoms with Crippen LogP contribution in [-0.4, -0.2) is 28.3 Å². The van der Waals surface area contributed by atoms with Gasteiger partial charge >= 0.3 is 0 Å². The molecule has 0 saturated carbocycles. The highest BCUT2D eigenvalue weighted by molar-refractivity contribution is 5.72. The summed E-state index contributed by atoms with van der Waals surface area (Å²) in [5.41, 5.74) is 0.404. The number of pyridine rings is 1. The van der Waals surface area contributed by atoms with Crippen LogP contribution < -0.4 is 5.56 Å². The largest absolute Gasteiger partial charge is 0.383 e. The van der Waals surface area contributed by atoms with Crippen molar-refractivity contribution < 1.29 is 4.74 Å². The molecule has 0 bridgehead atoms. The Morgan fingerprint density at radius 3 is 3.13 bits per heavy atom. The van der Waals surface area contributed by atoms with Gasteiger partial charge in [-0.25, -0.2) is 9.97 Å². The molecule has 5 heteroatoms. The van der Waals surface area contributed by atoms with Crippen LogP contribution in [-0.2, 0) is 11.3 Å². The maximum absolute atomic E-state index is 11.9. The number of rotatable bonds is 3. The predicted molar refractivity (Wildman–Crippen MR) is 55.7 cm³/mol. The van der Waals surface area contributed by atoms with Crippen molar-refractivity contribution >= 4 is 11.0 Å². The number of fused-ring (bicyclic) bond motifs is 1. The molecule has 0 amide bonds. The first-order chi connectivity index (χ1) is 7.33. The van der Waals surface area contributed by atoms with Crippen LogP contribution in [0.1, 0.15) is 0 Å². The molecule has 0 aliphatic heterocycles. The number of nitrogens with zero attached hydrogens (tertiary/aromatic N) is 3. The Morgan fingerprint density at radius 1 is 1.47 bits per heavy atom. The van der Waals surface area contributed by atoms with E-state index in [1.807, 2.05) is 0 Å². The summed E-state index contributed by atoms with van der Waals surface area (Å²) < 4.78 is 6.43. The second kappa shape index (κ2) is 4.18. The van der Waals surface area contributed by atoms with Crippen molar-refractivity contribution in [3.05, 3.63) is 35.0 Å². The van der Waals surface area contributed by atoms with Crippen LogP contribution in [0.3, 0.4) is 0 Å².